The van der Waals surface area contributed by atoms with Crippen molar-refractivity contribution in [1.29, 1.82) is 0 Å². The van der Waals surface area contributed by atoms with Crippen molar-refractivity contribution in [3.8, 4) is 0 Å². The molecule has 90 valence electrons. The maximum Gasteiger partial charge on any atom is 0.340 e. The molecule has 0 aromatic carbocycles. The van der Waals surface area contributed by atoms with Gasteiger partial charge in [0, 0.05) is 0 Å². The molecule has 1 fully saturated rings. The third kappa shape index (κ3) is 3.64. The maximum atomic E-state index is 11.1. The Morgan fingerprint density at radius 1 is 1.00 bits per heavy atom. The average molecular weight is 259 g/mol. The lowest BCUT2D eigenvalue weighted by atomic mass is 10.0. The minimum absolute atomic E-state index is 0.376. The van der Waals surface area contributed by atoms with E-state index in [-0.39, 0.29) is 0 Å². The highest BCUT2D eigenvalue weighted by Gasteiger charge is 2.48. The second kappa shape index (κ2) is 4.63. The first-order valence-electron chi connectivity index (χ1n) is 4.54. The summed E-state index contributed by atoms with van der Waals surface area (Å²) in [6.45, 7) is 1.06. The maximum absolute atomic E-state index is 11.1. The van der Waals surface area contributed by atoms with Crippen LogP contribution in [0.5, 0.6) is 0 Å². The normalized spacial score (nSPS) is 20.9. The zero-order chi connectivity index (χ0) is 11.7. The molecule has 1 saturated heterocycles. The molecule has 0 saturated carbocycles. The fraction of sp³-hybridized carbons (Fsp3) is 1.00. The first-order chi connectivity index (χ1) is 6.73. The molecule has 1 aliphatic rings. The Morgan fingerprint density at radius 2 is 1.40 bits per heavy atom. The smallest absolute Gasteiger partial charge is 0.324 e. The van der Waals surface area contributed by atoms with Gasteiger partial charge in [0.25, 0.3) is 0 Å². The molecule has 0 radical (unpaired) electrons. The molecule has 5 N–H and O–H groups in total. The van der Waals surface area contributed by atoms with E-state index in [1.165, 1.54) is 0 Å². The molecule has 0 unspecified atom stereocenters. The van der Waals surface area contributed by atoms with Gasteiger partial charge in [-0.2, -0.15) is 0 Å². The van der Waals surface area contributed by atoms with E-state index in [0.29, 0.717) is 25.9 Å². The van der Waals surface area contributed by atoms with Gasteiger partial charge >= 0.3 is 15.2 Å². The molecule has 0 aliphatic carbocycles. The number of hydrogen-bond acceptors (Lipinski definition) is 3. The van der Waals surface area contributed by atoms with Gasteiger partial charge in [0.1, 0.15) is 0 Å². The fourth-order valence-corrected chi connectivity index (χ4v) is 5.15. The van der Waals surface area contributed by atoms with Crippen LogP contribution in [0.25, 0.3) is 0 Å². The van der Waals surface area contributed by atoms with Gasteiger partial charge in [0.15, 0.2) is 5.40 Å². The van der Waals surface area contributed by atoms with Crippen LogP contribution >= 0.6 is 15.2 Å². The average Bonchev–Trinajstić information content (AvgIpc) is 2.00. The highest BCUT2D eigenvalue weighted by molar-refractivity contribution is 7.70. The van der Waals surface area contributed by atoms with Gasteiger partial charge in [0.2, 0.25) is 0 Å². The summed E-state index contributed by atoms with van der Waals surface area (Å²) in [5.74, 6) is -0.618. The monoisotopic (exact) mass is 259 g/mol. The summed E-state index contributed by atoms with van der Waals surface area (Å²) in [6, 6.07) is 0. The zero-order valence-electron chi connectivity index (χ0n) is 7.98. The molecule has 0 bridgehead atoms. The van der Waals surface area contributed by atoms with E-state index in [9.17, 15) is 9.13 Å². The lowest BCUT2D eigenvalue weighted by Crippen LogP contribution is -2.34. The Morgan fingerprint density at radius 3 is 1.73 bits per heavy atom. The van der Waals surface area contributed by atoms with Gasteiger partial charge in [0.05, 0.1) is 0 Å². The van der Waals surface area contributed by atoms with Crippen molar-refractivity contribution in [2.24, 2.45) is 5.92 Å². The molecule has 0 spiro atoms. The van der Waals surface area contributed by atoms with Crippen molar-refractivity contribution >= 4 is 15.2 Å². The molecule has 1 rings (SSSR count). The van der Waals surface area contributed by atoms with Gasteiger partial charge in [-0.05, 0) is 31.8 Å². The minimum atomic E-state index is -4.76. The molecule has 0 aromatic heterocycles. The van der Waals surface area contributed by atoms with E-state index < -0.39 is 26.5 Å². The van der Waals surface area contributed by atoms with E-state index in [2.05, 4.69) is 5.32 Å². The van der Waals surface area contributed by atoms with Crippen molar-refractivity contribution in [2.75, 3.05) is 13.1 Å². The van der Waals surface area contributed by atoms with E-state index in [4.69, 9.17) is 19.6 Å². The molecule has 0 aromatic rings. The van der Waals surface area contributed by atoms with Crippen molar-refractivity contribution in [3.63, 3.8) is 0 Å². The number of rotatable bonds is 3. The van der Waals surface area contributed by atoms with Crippen LogP contribution in [0.3, 0.4) is 0 Å². The van der Waals surface area contributed by atoms with Crippen LogP contribution in [0.4, 0.5) is 0 Å². The summed E-state index contributed by atoms with van der Waals surface area (Å²) in [4.78, 5) is 35.9. The van der Waals surface area contributed by atoms with Crippen LogP contribution in [-0.4, -0.2) is 38.1 Å². The van der Waals surface area contributed by atoms with Crippen LogP contribution in [-0.2, 0) is 9.13 Å². The van der Waals surface area contributed by atoms with Crippen LogP contribution in [0.1, 0.15) is 12.8 Å². The second-order valence-corrected chi connectivity index (χ2v) is 7.56. The lowest BCUT2D eigenvalue weighted by molar-refractivity contribution is 0.291. The third-order valence-corrected chi connectivity index (χ3v) is 6.52. The van der Waals surface area contributed by atoms with Crippen LogP contribution < -0.4 is 5.32 Å². The molecule has 15 heavy (non-hydrogen) atoms. The number of piperidine rings is 1. The summed E-state index contributed by atoms with van der Waals surface area (Å²) < 4.78 is 22.1. The van der Waals surface area contributed by atoms with Crippen molar-refractivity contribution in [1.82, 2.24) is 5.32 Å². The molecule has 1 heterocycles. The molecule has 9 heteroatoms. The van der Waals surface area contributed by atoms with Gasteiger partial charge in [-0.3, -0.25) is 9.13 Å². The largest absolute Gasteiger partial charge is 0.340 e. The Balaban J connectivity index is 2.91. The topological polar surface area (TPSA) is 127 Å². The van der Waals surface area contributed by atoms with Crippen LogP contribution in [0, 0.1) is 5.92 Å². The number of nitrogens with one attached hydrogen (secondary N) is 1. The Bertz CT molecular complexity index is 281. The first-order valence-corrected chi connectivity index (χ1v) is 7.90. The summed E-state index contributed by atoms with van der Waals surface area (Å²) in [5.41, 5.74) is 0. The van der Waals surface area contributed by atoms with Gasteiger partial charge < -0.3 is 24.9 Å². The van der Waals surface area contributed by atoms with Crippen molar-refractivity contribution in [3.05, 3.63) is 0 Å². The summed E-state index contributed by atoms with van der Waals surface area (Å²) in [6.07, 6.45) is 0.752. The van der Waals surface area contributed by atoms with Gasteiger partial charge in [-0.15, -0.1) is 0 Å². The Kier molecular flexibility index (Phi) is 4.12. The highest BCUT2D eigenvalue weighted by Crippen LogP contribution is 2.63. The van der Waals surface area contributed by atoms with Crippen LogP contribution in [0.15, 0.2) is 0 Å². The van der Waals surface area contributed by atoms with E-state index in [0.717, 1.165) is 0 Å². The predicted octanol–water partition coefficient (Wildman–Crippen LogP) is -0.333. The summed E-state index contributed by atoms with van der Waals surface area (Å²) >= 11 is 0. The Labute approximate surface area is 87.2 Å². The Hall–Kier alpha value is 0.260. The van der Waals surface area contributed by atoms with E-state index >= 15 is 0 Å². The molecule has 7 nitrogen and oxygen atoms in total. The predicted molar refractivity (Wildman–Crippen MR) is 53.5 cm³/mol. The van der Waals surface area contributed by atoms with E-state index in [1.807, 2.05) is 0 Å². The van der Waals surface area contributed by atoms with Crippen molar-refractivity contribution < 1.29 is 28.7 Å². The first kappa shape index (κ1) is 13.3. The second-order valence-electron chi connectivity index (χ2n) is 3.68. The lowest BCUT2D eigenvalue weighted by Gasteiger charge is -2.31. The standard InChI is InChI=1S/C6H15NO6P2/c8-14(9,10)6(15(11,12)13)5-1-3-7-4-2-5/h5-7H,1-4H2,(H2,8,9,10)(H2,11,12,13). The molecular formula is C6H15NO6P2. The molecule has 0 amide bonds. The fourth-order valence-electron chi connectivity index (χ4n) is 1.89. The highest BCUT2D eigenvalue weighted by atomic mass is 31.2. The summed E-state index contributed by atoms with van der Waals surface area (Å²) in [5, 5.41) is 1.13. The van der Waals surface area contributed by atoms with Gasteiger partial charge in [-0.25, -0.2) is 0 Å². The SMILES string of the molecule is O=P(O)(O)C(C1CCNCC1)P(=O)(O)O. The van der Waals surface area contributed by atoms with Crippen LogP contribution in [0.2, 0.25) is 0 Å². The van der Waals surface area contributed by atoms with E-state index in [1.54, 1.807) is 0 Å². The number of hydrogen-bond donors (Lipinski definition) is 5. The molecule has 0 atom stereocenters. The van der Waals surface area contributed by atoms with Crippen molar-refractivity contribution in [2.45, 2.75) is 18.2 Å². The zero-order valence-corrected chi connectivity index (χ0v) is 9.77. The quantitative estimate of drug-likeness (QED) is 0.439. The minimum Gasteiger partial charge on any atom is -0.324 e. The summed E-state index contributed by atoms with van der Waals surface area (Å²) in [7, 11) is -9.51. The van der Waals surface area contributed by atoms with Gasteiger partial charge in [-0.1, -0.05) is 0 Å². The molecule has 1 aliphatic heterocycles. The third-order valence-electron chi connectivity index (χ3n) is 2.49. The molecular weight excluding hydrogens is 244 g/mol.